The molecule has 2 aromatic rings. The van der Waals surface area contributed by atoms with Gasteiger partial charge in [-0.15, -0.1) is 11.8 Å². The van der Waals surface area contributed by atoms with E-state index in [-0.39, 0.29) is 11.6 Å². The molecule has 0 spiro atoms. The lowest BCUT2D eigenvalue weighted by molar-refractivity contribution is -0.116. The molecule has 0 aliphatic carbocycles. The summed E-state index contributed by atoms with van der Waals surface area (Å²) in [5.41, 5.74) is 5.99. The van der Waals surface area contributed by atoms with Crippen LogP contribution in [0.15, 0.2) is 47.6 Å². The van der Waals surface area contributed by atoms with Gasteiger partial charge < -0.3 is 11.1 Å². The first-order chi connectivity index (χ1) is 10.1. The minimum atomic E-state index is -0.484. The summed E-state index contributed by atoms with van der Waals surface area (Å²) >= 11 is 1.68. The fourth-order valence-corrected chi connectivity index (χ4v) is 2.54. The molecule has 21 heavy (non-hydrogen) atoms. The third-order valence-electron chi connectivity index (χ3n) is 2.75. The Balaban J connectivity index is 1.71. The number of rotatable bonds is 6. The topological polar surface area (TPSA) is 68.0 Å². The third-order valence-corrected chi connectivity index (χ3v) is 3.84. The third kappa shape index (κ3) is 5.07. The average molecular weight is 305 g/mol. The smallest absolute Gasteiger partial charge is 0.224 e. The van der Waals surface area contributed by atoms with E-state index in [0.717, 1.165) is 17.1 Å². The van der Waals surface area contributed by atoms with Gasteiger partial charge in [0.15, 0.2) is 0 Å². The molecule has 4 nitrogen and oxygen atoms in total. The van der Waals surface area contributed by atoms with Crippen LogP contribution in [0.4, 0.5) is 15.8 Å². The van der Waals surface area contributed by atoms with Crippen LogP contribution in [0.1, 0.15) is 12.8 Å². The van der Waals surface area contributed by atoms with Crippen molar-refractivity contribution in [2.24, 2.45) is 0 Å². The van der Waals surface area contributed by atoms with Crippen LogP contribution in [0.3, 0.4) is 0 Å². The molecular formula is C15H16FN3OS. The quantitative estimate of drug-likeness (QED) is 0.488. The molecule has 0 unspecified atom stereocenters. The second-order valence-electron chi connectivity index (χ2n) is 4.42. The molecule has 0 aliphatic rings. The monoisotopic (exact) mass is 305 g/mol. The summed E-state index contributed by atoms with van der Waals surface area (Å²) in [6.07, 6.45) is 4.66. The molecule has 1 aromatic heterocycles. The average Bonchev–Trinajstić information content (AvgIpc) is 2.49. The fourth-order valence-electron chi connectivity index (χ4n) is 1.70. The predicted molar refractivity (Wildman–Crippen MR) is 83.6 cm³/mol. The lowest BCUT2D eigenvalue weighted by atomic mass is 10.2. The molecule has 0 atom stereocenters. The number of pyridine rings is 1. The van der Waals surface area contributed by atoms with Crippen molar-refractivity contribution in [3.63, 3.8) is 0 Å². The van der Waals surface area contributed by atoms with Gasteiger partial charge in [-0.05, 0) is 42.5 Å². The van der Waals surface area contributed by atoms with Crippen LogP contribution < -0.4 is 11.1 Å². The lowest BCUT2D eigenvalue weighted by Gasteiger charge is -2.06. The molecule has 6 heteroatoms. The Labute approximate surface area is 127 Å². The summed E-state index contributed by atoms with van der Waals surface area (Å²) in [5.74, 6) is 0.265. The van der Waals surface area contributed by atoms with E-state index in [1.165, 1.54) is 18.2 Å². The van der Waals surface area contributed by atoms with Crippen molar-refractivity contribution in [2.75, 3.05) is 16.8 Å². The molecule has 0 saturated carbocycles. The summed E-state index contributed by atoms with van der Waals surface area (Å²) in [7, 11) is 0. The van der Waals surface area contributed by atoms with Crippen molar-refractivity contribution in [1.82, 2.24) is 4.98 Å². The van der Waals surface area contributed by atoms with Gasteiger partial charge >= 0.3 is 0 Å². The Hall–Kier alpha value is -2.08. The van der Waals surface area contributed by atoms with Gasteiger partial charge in [-0.25, -0.2) is 4.39 Å². The van der Waals surface area contributed by atoms with E-state index < -0.39 is 5.82 Å². The van der Waals surface area contributed by atoms with E-state index in [1.54, 1.807) is 24.2 Å². The number of thioether (sulfide) groups is 1. The zero-order valence-electron chi connectivity index (χ0n) is 11.4. The Bertz CT molecular complexity index is 607. The van der Waals surface area contributed by atoms with Crippen LogP contribution in [-0.4, -0.2) is 16.6 Å². The van der Waals surface area contributed by atoms with Gasteiger partial charge in [-0.1, -0.05) is 0 Å². The van der Waals surface area contributed by atoms with Crippen LogP contribution >= 0.6 is 11.8 Å². The minimum absolute atomic E-state index is 0.0287. The number of amides is 1. The number of nitrogens with zero attached hydrogens (tertiary/aromatic N) is 1. The van der Waals surface area contributed by atoms with E-state index in [0.29, 0.717) is 12.1 Å². The van der Waals surface area contributed by atoms with Crippen molar-refractivity contribution in [3.8, 4) is 0 Å². The summed E-state index contributed by atoms with van der Waals surface area (Å²) in [5, 5.41) is 2.70. The van der Waals surface area contributed by atoms with Crippen molar-refractivity contribution in [1.29, 1.82) is 0 Å². The number of nitrogen functional groups attached to an aromatic ring is 1. The van der Waals surface area contributed by atoms with Crippen molar-refractivity contribution >= 4 is 29.0 Å². The first kappa shape index (κ1) is 15.3. The highest BCUT2D eigenvalue weighted by Crippen LogP contribution is 2.19. The fraction of sp³-hybridized carbons (Fsp3) is 0.200. The van der Waals surface area contributed by atoms with Gasteiger partial charge in [0.2, 0.25) is 5.91 Å². The molecule has 0 aliphatic heterocycles. The molecule has 0 saturated heterocycles. The minimum Gasteiger partial charge on any atom is -0.396 e. The first-order valence-corrected chi connectivity index (χ1v) is 7.51. The number of benzene rings is 1. The number of carbonyl (C=O) groups is 1. The molecule has 1 aromatic carbocycles. The van der Waals surface area contributed by atoms with Crippen LogP contribution in [-0.2, 0) is 4.79 Å². The van der Waals surface area contributed by atoms with Gasteiger partial charge in [-0.2, -0.15) is 0 Å². The summed E-state index contributed by atoms with van der Waals surface area (Å²) in [6, 6.07) is 8.02. The van der Waals surface area contributed by atoms with E-state index >= 15 is 0 Å². The number of nitrogens with one attached hydrogen (secondary N) is 1. The summed E-state index contributed by atoms with van der Waals surface area (Å²) < 4.78 is 13.0. The molecule has 2 rings (SSSR count). The number of nitrogens with two attached hydrogens (primary N) is 1. The predicted octanol–water partition coefficient (Wildman–Crippen LogP) is 3.31. The number of hydrogen-bond acceptors (Lipinski definition) is 4. The zero-order valence-corrected chi connectivity index (χ0v) is 12.2. The van der Waals surface area contributed by atoms with Crippen molar-refractivity contribution in [2.45, 2.75) is 17.7 Å². The maximum absolute atomic E-state index is 13.0. The first-order valence-electron chi connectivity index (χ1n) is 6.53. The summed E-state index contributed by atoms with van der Waals surface area (Å²) in [6.45, 7) is 0. The normalized spacial score (nSPS) is 10.3. The van der Waals surface area contributed by atoms with Crippen LogP contribution in [0.25, 0.3) is 0 Å². The van der Waals surface area contributed by atoms with Crippen LogP contribution in [0.5, 0.6) is 0 Å². The van der Waals surface area contributed by atoms with E-state index in [1.807, 2.05) is 12.1 Å². The number of hydrogen-bond donors (Lipinski definition) is 2. The number of carbonyl (C=O) groups excluding carboxylic acids is 1. The Morgan fingerprint density at radius 3 is 2.76 bits per heavy atom. The van der Waals surface area contributed by atoms with Gasteiger partial charge in [0.1, 0.15) is 5.82 Å². The van der Waals surface area contributed by atoms with Crippen molar-refractivity contribution in [3.05, 3.63) is 48.5 Å². The SMILES string of the molecule is Nc1cc(NC(=O)CCCSc2ccncc2)ccc1F. The van der Waals surface area contributed by atoms with Crippen LogP contribution in [0.2, 0.25) is 0 Å². The largest absolute Gasteiger partial charge is 0.396 e. The second-order valence-corrected chi connectivity index (χ2v) is 5.59. The highest BCUT2D eigenvalue weighted by Gasteiger charge is 2.05. The molecule has 3 N–H and O–H groups in total. The van der Waals surface area contributed by atoms with Gasteiger partial charge in [0.05, 0.1) is 5.69 Å². The van der Waals surface area contributed by atoms with Gasteiger partial charge in [0.25, 0.3) is 0 Å². The van der Waals surface area contributed by atoms with Gasteiger partial charge in [-0.3, -0.25) is 9.78 Å². The molecule has 0 radical (unpaired) electrons. The van der Waals surface area contributed by atoms with Crippen LogP contribution in [0, 0.1) is 5.82 Å². The zero-order chi connectivity index (χ0) is 15.1. The highest BCUT2D eigenvalue weighted by atomic mass is 32.2. The number of anilines is 2. The molecular weight excluding hydrogens is 289 g/mol. The number of aromatic nitrogens is 1. The molecule has 0 bridgehead atoms. The van der Waals surface area contributed by atoms with E-state index in [4.69, 9.17) is 5.73 Å². The molecule has 110 valence electrons. The molecule has 0 fully saturated rings. The second kappa shape index (κ2) is 7.64. The van der Waals surface area contributed by atoms with E-state index in [2.05, 4.69) is 10.3 Å². The molecule has 1 heterocycles. The Morgan fingerprint density at radius 2 is 2.05 bits per heavy atom. The Morgan fingerprint density at radius 1 is 1.29 bits per heavy atom. The highest BCUT2D eigenvalue weighted by molar-refractivity contribution is 7.99. The number of halogens is 1. The summed E-state index contributed by atoms with van der Waals surface area (Å²) in [4.78, 5) is 16.8. The maximum Gasteiger partial charge on any atom is 0.224 e. The standard InChI is InChI=1S/C15H16FN3OS/c16-13-4-3-11(10-14(13)17)19-15(20)2-1-9-21-12-5-7-18-8-6-12/h3-8,10H,1-2,9,17H2,(H,19,20). The van der Waals surface area contributed by atoms with Gasteiger partial charge in [0, 0.05) is 29.4 Å². The molecule has 1 amide bonds. The van der Waals surface area contributed by atoms with E-state index in [9.17, 15) is 9.18 Å². The Kier molecular flexibility index (Phi) is 5.57. The van der Waals surface area contributed by atoms with Crippen molar-refractivity contribution < 1.29 is 9.18 Å². The lowest BCUT2D eigenvalue weighted by Crippen LogP contribution is -2.11. The maximum atomic E-state index is 13.0.